The molecule has 3 rings (SSSR count). The standard InChI is InChI=1S/C16H13FN2O3S/c1-23(21,22)15-4-2-3-11-12(7-8-18-16(11)15)19-13-6-5-10(17)9-14(13)20/h2-9,20H,1H3,(H,18,19). The topological polar surface area (TPSA) is 79.3 Å². The number of hydrogen-bond donors (Lipinski definition) is 2. The van der Waals surface area contributed by atoms with Crippen molar-refractivity contribution in [3.8, 4) is 5.75 Å². The average Bonchev–Trinajstić information content (AvgIpc) is 2.49. The molecule has 0 saturated heterocycles. The highest BCUT2D eigenvalue weighted by atomic mass is 32.2. The third-order valence-electron chi connectivity index (χ3n) is 3.36. The second-order valence-electron chi connectivity index (χ2n) is 5.07. The van der Waals surface area contributed by atoms with Crippen LogP contribution in [0.4, 0.5) is 15.8 Å². The number of nitrogens with one attached hydrogen (secondary N) is 1. The van der Waals surface area contributed by atoms with Crippen LogP contribution in [0.3, 0.4) is 0 Å². The fourth-order valence-electron chi connectivity index (χ4n) is 2.31. The van der Waals surface area contributed by atoms with Crippen LogP contribution in [0, 0.1) is 5.82 Å². The average molecular weight is 332 g/mol. The molecule has 0 saturated carbocycles. The van der Waals surface area contributed by atoms with E-state index in [0.717, 1.165) is 12.3 Å². The molecule has 0 fully saturated rings. The number of fused-ring (bicyclic) bond motifs is 1. The van der Waals surface area contributed by atoms with Crippen molar-refractivity contribution in [3.05, 3.63) is 54.5 Å². The summed E-state index contributed by atoms with van der Waals surface area (Å²) in [5.41, 5.74) is 1.20. The van der Waals surface area contributed by atoms with Crippen LogP contribution in [0.1, 0.15) is 0 Å². The molecule has 0 radical (unpaired) electrons. The van der Waals surface area contributed by atoms with Gasteiger partial charge >= 0.3 is 0 Å². The maximum Gasteiger partial charge on any atom is 0.177 e. The van der Waals surface area contributed by atoms with Gasteiger partial charge in [-0.05, 0) is 24.3 Å². The number of para-hydroxylation sites is 1. The van der Waals surface area contributed by atoms with Crippen molar-refractivity contribution in [2.75, 3.05) is 11.6 Å². The summed E-state index contributed by atoms with van der Waals surface area (Å²) in [5, 5.41) is 13.3. The molecule has 0 unspecified atom stereocenters. The van der Waals surface area contributed by atoms with Crippen molar-refractivity contribution < 1.29 is 17.9 Å². The van der Waals surface area contributed by atoms with Gasteiger partial charge in [0.1, 0.15) is 11.6 Å². The summed E-state index contributed by atoms with van der Waals surface area (Å²) in [6.45, 7) is 0. The zero-order valence-electron chi connectivity index (χ0n) is 12.1. The van der Waals surface area contributed by atoms with Crippen LogP contribution >= 0.6 is 0 Å². The van der Waals surface area contributed by atoms with Gasteiger partial charge in [0.2, 0.25) is 0 Å². The van der Waals surface area contributed by atoms with Crippen molar-refractivity contribution in [1.82, 2.24) is 4.98 Å². The Hall–Kier alpha value is -2.67. The highest BCUT2D eigenvalue weighted by Crippen LogP contribution is 2.32. The summed E-state index contributed by atoms with van der Waals surface area (Å²) >= 11 is 0. The van der Waals surface area contributed by atoms with Gasteiger partial charge in [-0.3, -0.25) is 4.98 Å². The first-order chi connectivity index (χ1) is 10.9. The lowest BCUT2D eigenvalue weighted by Crippen LogP contribution is -2.00. The van der Waals surface area contributed by atoms with Gasteiger partial charge in [0, 0.05) is 29.6 Å². The fraction of sp³-hybridized carbons (Fsp3) is 0.0625. The van der Waals surface area contributed by atoms with Crippen LogP contribution in [0.25, 0.3) is 10.9 Å². The molecule has 118 valence electrons. The van der Waals surface area contributed by atoms with Gasteiger partial charge in [-0.15, -0.1) is 0 Å². The molecular weight excluding hydrogens is 319 g/mol. The molecule has 1 heterocycles. The number of halogens is 1. The zero-order valence-corrected chi connectivity index (χ0v) is 12.9. The number of rotatable bonds is 3. The molecule has 1 aromatic heterocycles. The molecule has 0 bridgehead atoms. The zero-order chi connectivity index (χ0) is 16.6. The number of benzene rings is 2. The predicted molar refractivity (Wildman–Crippen MR) is 86.2 cm³/mol. The highest BCUT2D eigenvalue weighted by Gasteiger charge is 2.14. The molecule has 2 aromatic carbocycles. The Morgan fingerprint density at radius 2 is 1.91 bits per heavy atom. The summed E-state index contributed by atoms with van der Waals surface area (Å²) in [7, 11) is -3.42. The maximum atomic E-state index is 13.1. The Labute approximate surface area is 132 Å². The predicted octanol–water partition coefficient (Wildman–Crippen LogP) is 3.23. The molecule has 5 nitrogen and oxygen atoms in total. The number of aromatic hydroxyl groups is 1. The normalized spacial score (nSPS) is 11.6. The molecule has 3 aromatic rings. The second-order valence-corrected chi connectivity index (χ2v) is 7.05. The maximum absolute atomic E-state index is 13.1. The molecule has 0 aliphatic heterocycles. The highest BCUT2D eigenvalue weighted by molar-refractivity contribution is 7.91. The SMILES string of the molecule is CS(=O)(=O)c1cccc2c(Nc3ccc(F)cc3O)ccnc12. The number of hydrogen-bond acceptors (Lipinski definition) is 5. The van der Waals surface area contributed by atoms with Gasteiger partial charge in [0.05, 0.1) is 16.1 Å². The largest absolute Gasteiger partial charge is 0.506 e. The molecule has 7 heteroatoms. The molecular formula is C16H13FN2O3S. The Kier molecular flexibility index (Phi) is 3.65. The number of phenolic OH excluding ortho intramolecular Hbond substituents is 1. The number of nitrogens with zero attached hydrogens (tertiary/aromatic N) is 1. The van der Waals surface area contributed by atoms with Crippen molar-refractivity contribution in [2.24, 2.45) is 0 Å². The van der Waals surface area contributed by atoms with E-state index in [1.165, 1.54) is 24.4 Å². The van der Waals surface area contributed by atoms with Crippen LogP contribution in [0.15, 0.2) is 53.6 Å². The van der Waals surface area contributed by atoms with E-state index in [-0.39, 0.29) is 10.6 Å². The molecule has 0 aliphatic carbocycles. The molecule has 23 heavy (non-hydrogen) atoms. The molecule has 0 aliphatic rings. The van der Waals surface area contributed by atoms with Gasteiger partial charge in [-0.1, -0.05) is 12.1 Å². The Bertz CT molecular complexity index is 1000. The lowest BCUT2D eigenvalue weighted by molar-refractivity contribution is 0.471. The van der Waals surface area contributed by atoms with Gasteiger partial charge in [-0.25, -0.2) is 12.8 Å². The summed E-state index contributed by atoms with van der Waals surface area (Å²) < 4.78 is 36.8. The third-order valence-corrected chi connectivity index (χ3v) is 4.49. The van der Waals surface area contributed by atoms with Crippen LogP contribution in [-0.2, 0) is 9.84 Å². The minimum Gasteiger partial charge on any atom is -0.506 e. The van der Waals surface area contributed by atoms with Crippen LogP contribution in [-0.4, -0.2) is 24.8 Å². The first-order valence-corrected chi connectivity index (χ1v) is 8.59. The van der Waals surface area contributed by atoms with E-state index in [1.807, 2.05) is 0 Å². The minimum atomic E-state index is -3.42. The van der Waals surface area contributed by atoms with Crippen LogP contribution < -0.4 is 5.32 Å². The Balaban J connectivity index is 2.16. The first-order valence-electron chi connectivity index (χ1n) is 6.69. The quantitative estimate of drug-likeness (QED) is 0.720. The number of pyridine rings is 1. The molecule has 2 N–H and O–H groups in total. The lowest BCUT2D eigenvalue weighted by Gasteiger charge is -2.12. The van der Waals surface area contributed by atoms with E-state index in [1.54, 1.807) is 18.2 Å². The van der Waals surface area contributed by atoms with Gasteiger partial charge in [0.15, 0.2) is 9.84 Å². The van der Waals surface area contributed by atoms with E-state index in [4.69, 9.17) is 0 Å². The molecule has 0 spiro atoms. The van der Waals surface area contributed by atoms with Crippen molar-refractivity contribution in [1.29, 1.82) is 0 Å². The monoisotopic (exact) mass is 332 g/mol. The summed E-state index contributed by atoms with van der Waals surface area (Å²) in [6, 6.07) is 10.1. The van der Waals surface area contributed by atoms with E-state index < -0.39 is 15.7 Å². The van der Waals surface area contributed by atoms with Crippen molar-refractivity contribution in [2.45, 2.75) is 4.90 Å². The van der Waals surface area contributed by atoms with E-state index in [2.05, 4.69) is 10.3 Å². The van der Waals surface area contributed by atoms with E-state index in [9.17, 15) is 17.9 Å². The Morgan fingerprint density at radius 1 is 1.13 bits per heavy atom. The first kappa shape index (κ1) is 15.2. The fourth-order valence-corrected chi connectivity index (χ4v) is 3.15. The summed E-state index contributed by atoms with van der Waals surface area (Å²) in [5.74, 6) is -0.791. The third kappa shape index (κ3) is 2.95. The Morgan fingerprint density at radius 3 is 2.61 bits per heavy atom. The van der Waals surface area contributed by atoms with Gasteiger partial charge < -0.3 is 10.4 Å². The smallest absolute Gasteiger partial charge is 0.177 e. The lowest BCUT2D eigenvalue weighted by atomic mass is 10.1. The van der Waals surface area contributed by atoms with Gasteiger partial charge in [0.25, 0.3) is 0 Å². The summed E-state index contributed by atoms with van der Waals surface area (Å²) in [6.07, 6.45) is 2.59. The number of anilines is 2. The van der Waals surface area contributed by atoms with E-state index >= 15 is 0 Å². The minimum absolute atomic E-state index is 0.127. The second kappa shape index (κ2) is 5.51. The number of sulfone groups is 1. The van der Waals surface area contributed by atoms with Crippen LogP contribution in [0.2, 0.25) is 0 Å². The van der Waals surface area contributed by atoms with Crippen molar-refractivity contribution in [3.63, 3.8) is 0 Å². The van der Waals surface area contributed by atoms with Gasteiger partial charge in [-0.2, -0.15) is 0 Å². The summed E-state index contributed by atoms with van der Waals surface area (Å²) in [4.78, 5) is 4.27. The van der Waals surface area contributed by atoms with Crippen LogP contribution in [0.5, 0.6) is 5.75 Å². The molecule has 0 atom stereocenters. The molecule has 0 amide bonds. The van der Waals surface area contributed by atoms with E-state index in [0.29, 0.717) is 22.3 Å². The van der Waals surface area contributed by atoms with Crippen molar-refractivity contribution >= 4 is 32.1 Å². The number of aromatic nitrogens is 1. The number of phenols is 1.